The molecule has 4 rings (SSSR count). The molecule has 3 aliphatic rings. The Morgan fingerprint density at radius 1 is 1.18 bits per heavy atom. The number of carbonyl (C=O) groups excluding carboxylic acids is 3. The predicted molar refractivity (Wildman–Crippen MR) is 133 cm³/mol. The molecule has 3 amide bonds. The number of aliphatic hydroxyl groups is 1. The molecule has 2 unspecified atom stereocenters. The van der Waals surface area contributed by atoms with Gasteiger partial charge in [0.25, 0.3) is 0 Å². The smallest absolute Gasteiger partial charge is 0.244 e. The molecule has 0 aromatic heterocycles. The number of carbonyl (C=O) groups is 3. The van der Waals surface area contributed by atoms with Gasteiger partial charge >= 0.3 is 0 Å². The normalized spacial score (nSPS) is 32.7. The van der Waals surface area contributed by atoms with Crippen molar-refractivity contribution in [2.45, 2.75) is 75.1 Å². The van der Waals surface area contributed by atoms with Crippen LogP contribution in [-0.2, 0) is 20.9 Å². The third kappa shape index (κ3) is 3.92. The minimum Gasteiger partial charge on any atom is -0.394 e. The Kier molecular flexibility index (Phi) is 7.02. The summed E-state index contributed by atoms with van der Waals surface area (Å²) < 4.78 is -1.04. The van der Waals surface area contributed by atoms with Crippen LogP contribution in [0.15, 0.2) is 30.3 Å². The second-order valence-corrected chi connectivity index (χ2v) is 12.4. The van der Waals surface area contributed by atoms with Crippen LogP contribution in [0.2, 0.25) is 0 Å². The van der Waals surface area contributed by atoms with Crippen LogP contribution in [0.5, 0.6) is 0 Å². The van der Waals surface area contributed by atoms with Crippen LogP contribution >= 0.6 is 11.8 Å². The molecule has 3 fully saturated rings. The molecule has 0 aliphatic carbocycles. The van der Waals surface area contributed by atoms with Crippen LogP contribution in [-0.4, -0.2) is 62.5 Å². The maximum Gasteiger partial charge on any atom is 0.244 e. The van der Waals surface area contributed by atoms with Crippen molar-refractivity contribution in [3.8, 4) is 0 Å². The van der Waals surface area contributed by atoms with E-state index in [9.17, 15) is 19.5 Å². The first-order valence-corrected chi connectivity index (χ1v) is 13.2. The van der Waals surface area contributed by atoms with Crippen molar-refractivity contribution in [3.63, 3.8) is 0 Å². The van der Waals surface area contributed by atoms with E-state index >= 15 is 0 Å². The molecular formula is C26H37N3O4S. The highest BCUT2D eigenvalue weighted by Crippen LogP contribution is 2.71. The molecular weight excluding hydrogens is 450 g/mol. The molecule has 186 valence electrons. The van der Waals surface area contributed by atoms with E-state index in [1.54, 1.807) is 16.7 Å². The number of benzene rings is 1. The van der Waals surface area contributed by atoms with Gasteiger partial charge in [0.05, 0.1) is 29.2 Å². The predicted octanol–water partition coefficient (Wildman–Crippen LogP) is 2.33. The average Bonchev–Trinajstić information content (AvgIpc) is 3.38. The fourth-order valence-electron chi connectivity index (χ4n) is 6.28. The Balaban J connectivity index is 1.71. The van der Waals surface area contributed by atoms with Gasteiger partial charge in [-0.25, -0.2) is 0 Å². The number of likely N-dealkylation sites (tertiary alicyclic amines) is 1. The Morgan fingerprint density at radius 3 is 2.50 bits per heavy atom. The number of nitrogens with zero attached hydrogens (tertiary/aromatic N) is 1. The van der Waals surface area contributed by atoms with Crippen LogP contribution in [0, 0.1) is 17.8 Å². The second kappa shape index (κ2) is 9.53. The quantitative estimate of drug-likeness (QED) is 0.497. The molecule has 7 nitrogen and oxygen atoms in total. The van der Waals surface area contributed by atoms with E-state index in [4.69, 9.17) is 0 Å². The summed E-state index contributed by atoms with van der Waals surface area (Å²) in [6.45, 7) is 8.70. The van der Waals surface area contributed by atoms with Gasteiger partial charge in [-0.15, -0.1) is 11.8 Å². The highest BCUT2D eigenvalue weighted by atomic mass is 32.2. The van der Waals surface area contributed by atoms with Crippen LogP contribution < -0.4 is 10.6 Å². The number of fused-ring (bicyclic) bond motifs is 1. The first-order valence-electron chi connectivity index (χ1n) is 12.4. The molecule has 3 aliphatic heterocycles. The lowest BCUT2D eigenvalue weighted by molar-refractivity contribution is -0.144. The van der Waals surface area contributed by atoms with Gasteiger partial charge in [0.1, 0.15) is 6.04 Å². The molecule has 2 bridgehead atoms. The fraction of sp³-hybridized carbons (Fsp3) is 0.654. The molecule has 6 atom stereocenters. The Bertz CT molecular complexity index is 941. The van der Waals surface area contributed by atoms with E-state index < -0.39 is 28.7 Å². The van der Waals surface area contributed by atoms with Crippen LogP contribution in [0.25, 0.3) is 0 Å². The first-order chi connectivity index (χ1) is 16.2. The molecule has 1 aromatic carbocycles. The van der Waals surface area contributed by atoms with Gasteiger partial charge < -0.3 is 20.6 Å². The minimum atomic E-state index is -0.718. The average molecular weight is 488 g/mol. The lowest BCUT2D eigenvalue weighted by Crippen LogP contribution is -2.57. The van der Waals surface area contributed by atoms with Gasteiger partial charge in [-0.2, -0.15) is 0 Å². The molecule has 0 saturated carbocycles. The lowest BCUT2D eigenvalue weighted by atomic mass is 9.66. The molecule has 3 heterocycles. The standard InChI is InChI=1S/C26H37N3O4S/c1-5-13-27-22(31)19-20-24(33)29(18(15-30)16(2)3)21(26(20)12-11-25(19,4)34-26)23(32)28-14-17-9-7-6-8-10-17/h6-10,16,18-21,30H,5,11-15H2,1-4H3,(H,27,31)(H,28,32)/t18-,19+,20-,21?,25-,26?/m0/s1. The molecule has 8 heteroatoms. The second-order valence-electron chi connectivity index (χ2n) is 10.5. The zero-order valence-electron chi connectivity index (χ0n) is 20.5. The number of thioether (sulfide) groups is 1. The number of rotatable bonds is 9. The fourth-order valence-corrected chi connectivity index (χ4v) is 8.62. The Hall–Kier alpha value is -2.06. The van der Waals surface area contributed by atoms with E-state index in [1.165, 1.54) is 0 Å². The number of nitrogens with one attached hydrogen (secondary N) is 2. The van der Waals surface area contributed by atoms with Crippen molar-refractivity contribution in [2.75, 3.05) is 13.2 Å². The van der Waals surface area contributed by atoms with Crippen LogP contribution in [0.1, 0.15) is 52.5 Å². The molecule has 1 spiro atoms. The van der Waals surface area contributed by atoms with Crippen molar-refractivity contribution in [1.82, 2.24) is 15.5 Å². The zero-order valence-corrected chi connectivity index (χ0v) is 21.4. The third-order valence-electron chi connectivity index (χ3n) is 7.92. The van der Waals surface area contributed by atoms with E-state index in [-0.39, 0.29) is 35.0 Å². The van der Waals surface area contributed by atoms with Crippen molar-refractivity contribution in [2.24, 2.45) is 17.8 Å². The lowest BCUT2D eigenvalue weighted by Gasteiger charge is -2.38. The van der Waals surface area contributed by atoms with E-state index in [0.29, 0.717) is 19.5 Å². The Morgan fingerprint density at radius 2 is 1.88 bits per heavy atom. The van der Waals surface area contributed by atoms with Gasteiger partial charge in [-0.05, 0) is 37.7 Å². The van der Waals surface area contributed by atoms with Crippen molar-refractivity contribution in [1.29, 1.82) is 0 Å². The van der Waals surface area contributed by atoms with Gasteiger partial charge in [0, 0.05) is 17.8 Å². The summed E-state index contributed by atoms with van der Waals surface area (Å²) in [6.07, 6.45) is 2.31. The molecule has 1 aromatic rings. The SMILES string of the molecule is CCCNC(=O)[C@H]1[C@H]2C(=O)N([C@@H](CO)C(C)C)C(C(=O)NCc3ccccc3)C23CC[C@]1(C)S3. The van der Waals surface area contributed by atoms with E-state index in [1.807, 2.05) is 51.1 Å². The summed E-state index contributed by atoms with van der Waals surface area (Å²) in [5.74, 6) is -1.53. The number of aliphatic hydroxyl groups excluding tert-OH is 1. The molecule has 0 radical (unpaired) electrons. The van der Waals surface area contributed by atoms with E-state index in [0.717, 1.165) is 18.4 Å². The van der Waals surface area contributed by atoms with Crippen molar-refractivity contribution >= 4 is 29.5 Å². The number of hydrogen-bond acceptors (Lipinski definition) is 5. The first kappa shape index (κ1) is 25.0. The third-order valence-corrected chi connectivity index (χ3v) is 9.90. The summed E-state index contributed by atoms with van der Waals surface area (Å²) in [6, 6.07) is 8.49. The highest BCUT2D eigenvalue weighted by Gasteiger charge is 2.77. The summed E-state index contributed by atoms with van der Waals surface area (Å²) in [5.41, 5.74) is 0.982. The maximum absolute atomic E-state index is 14.0. The topological polar surface area (TPSA) is 98.7 Å². The van der Waals surface area contributed by atoms with Gasteiger partial charge in [-0.1, -0.05) is 51.1 Å². The Labute approximate surface area is 206 Å². The summed E-state index contributed by atoms with van der Waals surface area (Å²) in [4.78, 5) is 42.8. The highest BCUT2D eigenvalue weighted by molar-refractivity contribution is 8.02. The molecule has 3 saturated heterocycles. The van der Waals surface area contributed by atoms with Crippen LogP contribution in [0.4, 0.5) is 0 Å². The molecule has 3 N–H and O–H groups in total. The van der Waals surface area contributed by atoms with Crippen LogP contribution in [0.3, 0.4) is 0 Å². The van der Waals surface area contributed by atoms with Crippen molar-refractivity contribution in [3.05, 3.63) is 35.9 Å². The molecule has 34 heavy (non-hydrogen) atoms. The minimum absolute atomic E-state index is 0.0289. The zero-order chi connectivity index (χ0) is 24.7. The number of amides is 3. The monoisotopic (exact) mass is 487 g/mol. The summed E-state index contributed by atoms with van der Waals surface area (Å²) >= 11 is 1.66. The van der Waals surface area contributed by atoms with Gasteiger partial charge in [-0.3, -0.25) is 14.4 Å². The largest absolute Gasteiger partial charge is 0.394 e. The van der Waals surface area contributed by atoms with Gasteiger partial charge in [0.2, 0.25) is 17.7 Å². The van der Waals surface area contributed by atoms with Gasteiger partial charge in [0.15, 0.2) is 0 Å². The van der Waals surface area contributed by atoms with E-state index in [2.05, 4.69) is 17.6 Å². The van der Waals surface area contributed by atoms with Crippen molar-refractivity contribution < 1.29 is 19.5 Å². The maximum atomic E-state index is 14.0. The summed E-state index contributed by atoms with van der Waals surface area (Å²) in [7, 11) is 0. The summed E-state index contributed by atoms with van der Waals surface area (Å²) in [5, 5.41) is 16.3. The number of hydrogen-bond donors (Lipinski definition) is 3.